The number of fused-ring (bicyclic) bond motifs is 2. The Balaban J connectivity index is 1.22. The Morgan fingerprint density at radius 1 is 1.07 bits per heavy atom. The number of nitrogens with one attached hydrogen (secondary N) is 2. The van der Waals surface area contributed by atoms with Crippen LogP contribution in [-0.2, 0) is 15.7 Å². The van der Waals surface area contributed by atoms with Crippen LogP contribution in [0.15, 0.2) is 64.0 Å². The average molecular weight is 568 g/mol. The van der Waals surface area contributed by atoms with E-state index >= 15 is 0 Å². The molecule has 0 radical (unpaired) electrons. The second-order valence-electron chi connectivity index (χ2n) is 9.41. The highest BCUT2D eigenvalue weighted by Crippen LogP contribution is 2.47. The smallest absolute Gasteiger partial charge is 0.402 e. The van der Waals surface area contributed by atoms with E-state index in [1.54, 1.807) is 12.1 Å². The lowest BCUT2D eigenvalue weighted by atomic mass is 10.0. The fourth-order valence-electron chi connectivity index (χ4n) is 4.83. The Morgan fingerprint density at radius 2 is 1.88 bits per heavy atom. The van der Waals surface area contributed by atoms with Crippen molar-refractivity contribution in [1.29, 1.82) is 0 Å². The lowest BCUT2D eigenvalue weighted by molar-refractivity contribution is -0.137. The molecule has 1 saturated carbocycles. The number of amides is 1. The van der Waals surface area contributed by atoms with Gasteiger partial charge in [0.2, 0.25) is 11.2 Å². The highest BCUT2D eigenvalue weighted by molar-refractivity contribution is 7.16. The predicted molar refractivity (Wildman–Crippen MR) is 140 cm³/mol. The molecule has 3 atom stereocenters. The van der Waals surface area contributed by atoms with E-state index in [-0.39, 0.29) is 29.7 Å². The number of hydrogen-bond acceptors (Lipinski definition) is 10. The van der Waals surface area contributed by atoms with Gasteiger partial charge in [-0.05, 0) is 12.5 Å². The molecule has 1 amide bonds. The van der Waals surface area contributed by atoms with E-state index in [4.69, 9.17) is 9.15 Å². The molecule has 2 aliphatic heterocycles. The molecule has 4 aromatic rings. The summed E-state index contributed by atoms with van der Waals surface area (Å²) in [6.45, 7) is 0.824. The second kappa shape index (κ2) is 9.41. The van der Waals surface area contributed by atoms with Crippen molar-refractivity contribution in [3.63, 3.8) is 0 Å². The summed E-state index contributed by atoms with van der Waals surface area (Å²) in [4.78, 5) is 23.5. The monoisotopic (exact) mass is 567 g/mol. The highest BCUT2D eigenvalue weighted by atomic mass is 32.1. The van der Waals surface area contributed by atoms with Gasteiger partial charge in [0.1, 0.15) is 5.00 Å². The summed E-state index contributed by atoms with van der Waals surface area (Å²) in [7, 11) is 0. The van der Waals surface area contributed by atoms with E-state index < -0.39 is 23.3 Å². The Bertz CT molecular complexity index is 1620. The number of thiazole rings is 1. The molecule has 4 heterocycles. The maximum absolute atomic E-state index is 13.6. The minimum atomic E-state index is -4.63. The van der Waals surface area contributed by atoms with Crippen LogP contribution in [0.3, 0.4) is 0 Å². The number of carbonyl (C=O) groups is 1. The fourth-order valence-corrected chi connectivity index (χ4v) is 5.84. The van der Waals surface area contributed by atoms with E-state index in [2.05, 4.69) is 30.8 Å². The minimum Gasteiger partial charge on any atom is -0.402 e. The number of hydrogen-bond donors (Lipinski definition) is 2. The van der Waals surface area contributed by atoms with Crippen LogP contribution in [0.1, 0.15) is 22.6 Å². The van der Waals surface area contributed by atoms with Crippen molar-refractivity contribution in [3.8, 4) is 11.6 Å². The SMILES string of the molecule is O=C1Nc2ccccc2C(c2ccccc2)=N[C@H]1Nc1nnc(-c2nc(C(F)(F)F)sc2N2CCOC3CC32)o1. The lowest BCUT2D eigenvalue weighted by Gasteiger charge is -2.27. The van der Waals surface area contributed by atoms with Gasteiger partial charge in [-0.3, -0.25) is 4.79 Å². The number of aliphatic imine (C=N–C) groups is 1. The second-order valence-corrected chi connectivity index (χ2v) is 10.4. The molecule has 204 valence electrons. The van der Waals surface area contributed by atoms with Crippen molar-refractivity contribution in [1.82, 2.24) is 15.2 Å². The molecule has 2 unspecified atom stereocenters. The number of rotatable bonds is 5. The molecule has 1 aliphatic carbocycles. The normalized spacial score (nSPS) is 22.1. The van der Waals surface area contributed by atoms with Gasteiger partial charge in [0.25, 0.3) is 11.8 Å². The summed E-state index contributed by atoms with van der Waals surface area (Å²) >= 11 is 0.537. The van der Waals surface area contributed by atoms with Crippen LogP contribution in [-0.4, -0.2) is 58.3 Å². The van der Waals surface area contributed by atoms with Gasteiger partial charge in [-0.15, -0.1) is 5.10 Å². The van der Waals surface area contributed by atoms with Crippen molar-refractivity contribution in [2.24, 2.45) is 4.99 Å². The molecule has 2 aromatic heterocycles. The molecule has 14 heteroatoms. The summed E-state index contributed by atoms with van der Waals surface area (Å²) in [5.74, 6) is -0.669. The van der Waals surface area contributed by atoms with Crippen molar-refractivity contribution >= 4 is 39.7 Å². The zero-order valence-electron chi connectivity index (χ0n) is 20.6. The van der Waals surface area contributed by atoms with Crippen LogP contribution in [0.5, 0.6) is 0 Å². The Morgan fingerprint density at radius 3 is 2.70 bits per heavy atom. The number of morpholine rings is 1. The molecule has 10 nitrogen and oxygen atoms in total. The van der Waals surface area contributed by atoms with E-state index in [1.165, 1.54) is 0 Å². The van der Waals surface area contributed by atoms with Crippen molar-refractivity contribution in [3.05, 3.63) is 70.7 Å². The van der Waals surface area contributed by atoms with Gasteiger partial charge in [-0.2, -0.15) is 13.2 Å². The van der Waals surface area contributed by atoms with Crippen LogP contribution in [0, 0.1) is 0 Å². The first-order valence-electron chi connectivity index (χ1n) is 12.5. The summed E-state index contributed by atoms with van der Waals surface area (Å²) < 4.78 is 52.2. The summed E-state index contributed by atoms with van der Waals surface area (Å²) in [6.07, 6.45) is -5.07. The van der Waals surface area contributed by atoms with Gasteiger partial charge < -0.3 is 24.7 Å². The maximum atomic E-state index is 13.6. The summed E-state index contributed by atoms with van der Waals surface area (Å²) in [5, 5.41) is 12.9. The molecule has 2 fully saturated rings. The molecular weight excluding hydrogens is 547 g/mol. The van der Waals surface area contributed by atoms with Gasteiger partial charge in [0.05, 0.1) is 30.2 Å². The first kappa shape index (κ1) is 24.7. The first-order valence-corrected chi connectivity index (χ1v) is 13.3. The molecule has 40 heavy (non-hydrogen) atoms. The molecule has 7 rings (SSSR count). The average Bonchev–Trinajstić information content (AvgIpc) is 3.42. The van der Waals surface area contributed by atoms with Crippen molar-refractivity contribution in [2.75, 3.05) is 28.7 Å². The zero-order valence-corrected chi connectivity index (χ0v) is 21.4. The largest absolute Gasteiger partial charge is 0.443 e. The predicted octanol–water partition coefficient (Wildman–Crippen LogP) is 4.42. The molecule has 0 spiro atoms. The number of carbonyl (C=O) groups excluding carboxylic acids is 1. The van der Waals surface area contributed by atoms with Gasteiger partial charge in [0, 0.05) is 17.7 Å². The third kappa shape index (κ3) is 4.48. The van der Waals surface area contributed by atoms with Crippen LogP contribution in [0.4, 0.5) is 29.9 Å². The number of benzodiazepines with no additional fused rings is 1. The molecule has 2 N–H and O–H groups in total. The van der Waals surface area contributed by atoms with E-state index in [9.17, 15) is 18.0 Å². The number of para-hydroxylation sites is 1. The Labute approximate surface area is 228 Å². The maximum Gasteiger partial charge on any atom is 0.443 e. The van der Waals surface area contributed by atoms with Crippen LogP contribution >= 0.6 is 11.3 Å². The summed E-state index contributed by atoms with van der Waals surface area (Å²) in [5.41, 5.74) is 2.61. The van der Waals surface area contributed by atoms with Gasteiger partial charge in [0.15, 0.2) is 5.69 Å². The van der Waals surface area contributed by atoms with Crippen LogP contribution in [0.2, 0.25) is 0 Å². The van der Waals surface area contributed by atoms with Crippen molar-refractivity contribution < 1.29 is 27.1 Å². The molecule has 2 aromatic carbocycles. The van der Waals surface area contributed by atoms with Gasteiger partial charge >= 0.3 is 12.2 Å². The number of anilines is 3. The van der Waals surface area contributed by atoms with Crippen LogP contribution < -0.4 is 15.5 Å². The number of benzene rings is 2. The molecule has 3 aliphatic rings. The molecule has 0 bridgehead atoms. The minimum absolute atomic E-state index is 0.00695. The van der Waals surface area contributed by atoms with Gasteiger partial charge in [-0.1, -0.05) is 65.0 Å². The highest BCUT2D eigenvalue weighted by Gasteiger charge is 2.48. The number of nitrogens with zero attached hydrogens (tertiary/aromatic N) is 5. The lowest BCUT2D eigenvalue weighted by Crippen LogP contribution is -2.36. The number of alkyl halides is 3. The quantitative estimate of drug-likeness (QED) is 0.364. The Hall–Kier alpha value is -4.30. The van der Waals surface area contributed by atoms with Crippen molar-refractivity contribution in [2.45, 2.75) is 30.9 Å². The van der Waals surface area contributed by atoms with E-state index in [0.717, 1.165) is 17.5 Å². The third-order valence-electron chi connectivity index (χ3n) is 6.76. The van der Waals surface area contributed by atoms with E-state index in [0.29, 0.717) is 40.9 Å². The Kier molecular flexibility index (Phi) is 5.82. The van der Waals surface area contributed by atoms with Crippen LogP contribution in [0.25, 0.3) is 11.6 Å². The van der Waals surface area contributed by atoms with E-state index in [1.807, 2.05) is 47.4 Å². The molecular formula is C26H20F3N7O3S. The number of halogens is 3. The first-order chi connectivity index (χ1) is 19.3. The molecule has 1 saturated heterocycles. The number of aromatic nitrogens is 3. The standard InChI is InChI=1S/C26H20F3N7O3S/c27-26(28,29)24-32-19(23(40-24)36-10-11-38-17-12-16(17)36)22-34-35-25(39-22)33-20-21(37)30-15-9-5-4-8-14(15)18(31-20)13-6-2-1-3-7-13/h1-9,16-17,20H,10-12H2,(H,30,37)(H,33,35)/t16?,17?,20-/m0/s1. The fraction of sp³-hybridized carbons (Fsp3) is 0.269. The topological polar surface area (TPSA) is 118 Å². The third-order valence-corrected chi connectivity index (χ3v) is 7.90. The van der Waals surface area contributed by atoms with Gasteiger partial charge in [-0.25, -0.2) is 9.98 Å². The number of ether oxygens (including phenoxy) is 1. The zero-order chi connectivity index (χ0) is 27.4. The summed E-state index contributed by atoms with van der Waals surface area (Å²) in [6, 6.07) is 16.5.